The maximum Gasteiger partial charge on any atom is 0.282 e. The fourth-order valence-corrected chi connectivity index (χ4v) is 4.38. The molecule has 1 saturated heterocycles. The van der Waals surface area contributed by atoms with Crippen molar-refractivity contribution in [2.75, 3.05) is 19.6 Å². The first kappa shape index (κ1) is 20.9. The van der Waals surface area contributed by atoms with Crippen LogP contribution in [0.15, 0.2) is 6.07 Å². The first-order chi connectivity index (χ1) is 14.4. The van der Waals surface area contributed by atoms with Crippen LogP contribution in [0.4, 0.5) is 13.2 Å². The third kappa shape index (κ3) is 3.85. The van der Waals surface area contributed by atoms with E-state index in [-0.39, 0.29) is 40.7 Å². The van der Waals surface area contributed by atoms with E-state index in [1.54, 1.807) is 4.90 Å². The Morgan fingerprint density at radius 1 is 1.40 bits per heavy atom. The maximum absolute atomic E-state index is 14.9. The molecule has 3 heterocycles. The number of rotatable bonds is 6. The lowest BCUT2D eigenvalue weighted by Crippen LogP contribution is -2.40. The molecule has 2 aromatic rings. The van der Waals surface area contributed by atoms with Crippen molar-refractivity contribution < 1.29 is 22.7 Å². The summed E-state index contributed by atoms with van der Waals surface area (Å²) in [6.07, 6.45) is -0.948. The van der Waals surface area contributed by atoms with Crippen LogP contribution in [-0.4, -0.2) is 45.4 Å². The van der Waals surface area contributed by atoms with E-state index in [2.05, 4.69) is 15.6 Å². The number of benzene rings is 1. The summed E-state index contributed by atoms with van der Waals surface area (Å²) in [5, 5.41) is 10.9. The van der Waals surface area contributed by atoms with Gasteiger partial charge in [-0.1, -0.05) is 16.8 Å². The molecule has 1 atom stereocenters. The molecule has 1 aromatic carbocycles. The number of hydrogen-bond donors (Lipinski definition) is 1. The van der Waals surface area contributed by atoms with Gasteiger partial charge in [0.1, 0.15) is 18.0 Å². The molecule has 7 nitrogen and oxygen atoms in total. The lowest BCUT2D eigenvalue weighted by molar-refractivity contribution is -0.128. The number of nitrogens with zero attached hydrogens (tertiary/aromatic N) is 4. The van der Waals surface area contributed by atoms with Gasteiger partial charge in [0.2, 0.25) is 5.91 Å². The molecule has 0 saturated carbocycles. The van der Waals surface area contributed by atoms with E-state index in [1.165, 1.54) is 13.1 Å². The van der Waals surface area contributed by atoms with Crippen molar-refractivity contribution in [2.24, 2.45) is 7.05 Å². The van der Waals surface area contributed by atoms with Gasteiger partial charge in [-0.05, 0) is 31.0 Å². The van der Waals surface area contributed by atoms with Crippen molar-refractivity contribution >= 4 is 17.5 Å². The molecular weight excluding hydrogens is 423 g/mol. The van der Waals surface area contributed by atoms with Crippen LogP contribution in [0.1, 0.15) is 47.8 Å². The van der Waals surface area contributed by atoms with Gasteiger partial charge < -0.3 is 15.0 Å². The summed E-state index contributed by atoms with van der Waals surface area (Å²) in [5.74, 6) is -0.707. The number of carbonyl (C=O) groups excluding carboxylic acids is 1. The molecule has 0 spiro atoms. The van der Waals surface area contributed by atoms with Gasteiger partial charge in [0.15, 0.2) is 11.6 Å². The highest BCUT2D eigenvalue weighted by Gasteiger charge is 2.32. The Kier molecular flexibility index (Phi) is 5.88. The number of fused-ring (bicyclic) bond motifs is 1. The van der Waals surface area contributed by atoms with E-state index in [1.807, 2.05) is 0 Å². The number of ether oxygens (including phenoxy) is 1. The zero-order valence-corrected chi connectivity index (χ0v) is 17.1. The van der Waals surface area contributed by atoms with Gasteiger partial charge in [-0.2, -0.15) is 0 Å². The lowest BCUT2D eigenvalue weighted by atomic mass is 9.92. The van der Waals surface area contributed by atoms with Gasteiger partial charge >= 0.3 is 0 Å². The van der Waals surface area contributed by atoms with Crippen LogP contribution in [0.5, 0.6) is 5.75 Å². The molecule has 0 aliphatic carbocycles. The Morgan fingerprint density at radius 2 is 2.20 bits per heavy atom. The van der Waals surface area contributed by atoms with Gasteiger partial charge in [-0.3, -0.25) is 4.79 Å². The highest BCUT2D eigenvalue weighted by Crippen LogP contribution is 2.39. The van der Waals surface area contributed by atoms with Crippen LogP contribution < -0.4 is 10.1 Å². The summed E-state index contributed by atoms with van der Waals surface area (Å²) >= 11 is 6.29. The second-order valence-electron chi connectivity index (χ2n) is 7.40. The molecular formula is C19H21ClF3N5O2. The SMILES string of the molecule is Cn1nnc(COc2c(F)cc(Cl)c3c2C(CN2CCCC2=O)NCC3)c1C(F)F. The minimum absolute atomic E-state index is 0.0510. The number of nitrogens with one attached hydrogen (secondary N) is 1. The summed E-state index contributed by atoms with van der Waals surface area (Å²) in [6.45, 7) is 1.25. The molecule has 1 aromatic heterocycles. The number of aryl methyl sites for hydroxylation is 1. The Morgan fingerprint density at radius 3 is 2.90 bits per heavy atom. The molecule has 1 N–H and O–H groups in total. The third-order valence-electron chi connectivity index (χ3n) is 5.52. The van der Waals surface area contributed by atoms with Crippen LogP contribution in [0.3, 0.4) is 0 Å². The van der Waals surface area contributed by atoms with Crippen molar-refractivity contribution in [3.8, 4) is 5.75 Å². The minimum Gasteiger partial charge on any atom is -0.484 e. The van der Waals surface area contributed by atoms with Crippen molar-refractivity contribution in [1.82, 2.24) is 25.2 Å². The molecule has 4 rings (SSSR count). The molecule has 30 heavy (non-hydrogen) atoms. The summed E-state index contributed by atoms with van der Waals surface area (Å²) in [7, 11) is 1.36. The van der Waals surface area contributed by atoms with Crippen molar-refractivity contribution in [3.63, 3.8) is 0 Å². The highest BCUT2D eigenvalue weighted by molar-refractivity contribution is 6.31. The van der Waals surface area contributed by atoms with Gasteiger partial charge in [-0.15, -0.1) is 5.10 Å². The van der Waals surface area contributed by atoms with E-state index < -0.39 is 12.2 Å². The quantitative estimate of drug-likeness (QED) is 0.743. The fraction of sp³-hybridized carbons (Fsp3) is 0.526. The number of likely N-dealkylation sites (tertiary alicyclic amines) is 1. The Labute approximate surface area is 176 Å². The smallest absolute Gasteiger partial charge is 0.282 e. The first-order valence-corrected chi connectivity index (χ1v) is 10.1. The second-order valence-corrected chi connectivity index (χ2v) is 7.80. The summed E-state index contributed by atoms with van der Waals surface area (Å²) < 4.78 is 48.1. The average Bonchev–Trinajstić information content (AvgIpc) is 3.27. The number of carbonyl (C=O) groups is 1. The van der Waals surface area contributed by atoms with Crippen LogP contribution in [0.25, 0.3) is 0 Å². The number of hydrogen-bond acceptors (Lipinski definition) is 5. The third-order valence-corrected chi connectivity index (χ3v) is 5.86. The number of amides is 1. The number of alkyl halides is 2. The van der Waals surface area contributed by atoms with Crippen LogP contribution in [0.2, 0.25) is 5.02 Å². The predicted octanol–water partition coefficient (Wildman–Crippen LogP) is 2.93. The van der Waals surface area contributed by atoms with E-state index in [9.17, 15) is 18.0 Å². The normalized spacial score (nSPS) is 18.9. The Hall–Kier alpha value is -2.33. The Balaban J connectivity index is 1.66. The topological polar surface area (TPSA) is 72.3 Å². The number of halogens is 4. The van der Waals surface area contributed by atoms with Crippen LogP contribution >= 0.6 is 11.6 Å². The zero-order valence-electron chi connectivity index (χ0n) is 16.3. The second kappa shape index (κ2) is 8.43. The standard InChI is InChI=1S/C19H21ClF3N5O2/c1-27-17(19(22)23)14(25-26-27)9-30-18-12(21)7-11(20)10-4-5-24-13(16(10)18)8-28-6-2-3-15(28)29/h7,13,19,24H,2-6,8-9H2,1H3. The highest BCUT2D eigenvalue weighted by atomic mass is 35.5. The van der Waals surface area contributed by atoms with Gasteiger partial charge in [-0.25, -0.2) is 17.9 Å². The molecule has 11 heteroatoms. The van der Waals surface area contributed by atoms with Gasteiger partial charge in [0.25, 0.3) is 6.43 Å². The molecule has 1 fully saturated rings. The fourth-order valence-electron chi connectivity index (χ4n) is 4.09. The van der Waals surface area contributed by atoms with Crippen molar-refractivity contribution in [3.05, 3.63) is 39.4 Å². The predicted molar refractivity (Wildman–Crippen MR) is 102 cm³/mol. The molecule has 162 valence electrons. The summed E-state index contributed by atoms with van der Waals surface area (Å²) in [4.78, 5) is 13.8. The molecule has 0 radical (unpaired) electrons. The maximum atomic E-state index is 14.9. The van der Waals surface area contributed by atoms with E-state index in [4.69, 9.17) is 16.3 Å². The molecule has 1 unspecified atom stereocenters. The number of aromatic nitrogens is 3. The van der Waals surface area contributed by atoms with Gasteiger partial charge in [0, 0.05) is 37.1 Å². The molecule has 2 aliphatic rings. The first-order valence-electron chi connectivity index (χ1n) is 9.68. The monoisotopic (exact) mass is 443 g/mol. The summed E-state index contributed by atoms with van der Waals surface area (Å²) in [6, 6.07) is 0.791. The average molecular weight is 444 g/mol. The van der Waals surface area contributed by atoms with Crippen LogP contribution in [0, 0.1) is 5.82 Å². The summed E-state index contributed by atoms with van der Waals surface area (Å²) in [5.41, 5.74) is 0.811. The van der Waals surface area contributed by atoms with E-state index in [0.717, 1.165) is 16.7 Å². The van der Waals surface area contributed by atoms with Crippen molar-refractivity contribution in [1.29, 1.82) is 0 Å². The van der Waals surface area contributed by atoms with E-state index >= 15 is 0 Å². The largest absolute Gasteiger partial charge is 0.484 e. The minimum atomic E-state index is -2.79. The van der Waals surface area contributed by atoms with E-state index in [0.29, 0.717) is 38.0 Å². The van der Waals surface area contributed by atoms with Gasteiger partial charge in [0.05, 0.1) is 6.04 Å². The lowest BCUT2D eigenvalue weighted by Gasteiger charge is -2.32. The Bertz CT molecular complexity index is 968. The van der Waals surface area contributed by atoms with Crippen LogP contribution in [-0.2, 0) is 24.9 Å². The molecule has 1 amide bonds. The zero-order chi connectivity index (χ0) is 21.4. The van der Waals surface area contributed by atoms with Crippen molar-refractivity contribution in [2.45, 2.75) is 38.3 Å². The molecule has 0 bridgehead atoms. The molecule has 2 aliphatic heterocycles.